The van der Waals surface area contributed by atoms with Crippen LogP contribution in [0.1, 0.15) is 19.4 Å². The molecular weight excluding hydrogens is 322 g/mol. The number of para-hydroxylation sites is 2. The number of hydrogen-bond donors (Lipinski definition) is 2. The van der Waals surface area contributed by atoms with Crippen molar-refractivity contribution in [1.29, 1.82) is 0 Å². The van der Waals surface area contributed by atoms with Gasteiger partial charge in [0.2, 0.25) is 5.91 Å². The molecule has 0 aliphatic carbocycles. The van der Waals surface area contributed by atoms with E-state index in [0.717, 1.165) is 29.2 Å². The summed E-state index contributed by atoms with van der Waals surface area (Å²) in [5.74, 6) is -0.0483. The summed E-state index contributed by atoms with van der Waals surface area (Å²) in [7, 11) is 0. The number of carbonyl (C=O) groups excluding carboxylic acids is 1. The standard InChI is InChI=1S/C19H22ClN3O/c1-13-8-9-14(20)10-16(13)21-18(24)11-23-12-19(2,3)22-15-6-4-5-7-17(15)23/h4-10,22H,11-12H2,1-3H3,(H,21,24). The van der Waals surface area contributed by atoms with Gasteiger partial charge >= 0.3 is 0 Å². The minimum atomic E-state index is -0.0966. The number of rotatable bonds is 3. The number of nitrogens with zero attached hydrogens (tertiary/aromatic N) is 1. The summed E-state index contributed by atoms with van der Waals surface area (Å²) < 4.78 is 0. The smallest absolute Gasteiger partial charge is 0.243 e. The maximum Gasteiger partial charge on any atom is 0.243 e. The first kappa shape index (κ1) is 16.7. The number of hydrogen-bond acceptors (Lipinski definition) is 3. The van der Waals surface area contributed by atoms with Gasteiger partial charge in [-0.15, -0.1) is 0 Å². The molecule has 1 heterocycles. The molecule has 1 amide bonds. The number of anilines is 3. The molecule has 2 N–H and O–H groups in total. The quantitative estimate of drug-likeness (QED) is 0.873. The molecule has 1 aliphatic rings. The highest BCUT2D eigenvalue weighted by atomic mass is 35.5. The van der Waals surface area contributed by atoms with Crippen molar-refractivity contribution in [3.8, 4) is 0 Å². The third kappa shape index (κ3) is 3.65. The Hall–Kier alpha value is -2.20. The zero-order valence-electron chi connectivity index (χ0n) is 14.2. The SMILES string of the molecule is Cc1ccc(Cl)cc1NC(=O)CN1CC(C)(C)Nc2ccccc21. The second-order valence-electron chi connectivity index (χ2n) is 6.89. The van der Waals surface area contributed by atoms with Gasteiger partial charge in [0.25, 0.3) is 0 Å². The number of carbonyl (C=O) groups is 1. The lowest BCUT2D eigenvalue weighted by atomic mass is 9.99. The molecule has 2 aromatic rings. The van der Waals surface area contributed by atoms with E-state index in [0.29, 0.717) is 11.6 Å². The van der Waals surface area contributed by atoms with E-state index in [-0.39, 0.29) is 11.4 Å². The lowest BCUT2D eigenvalue weighted by molar-refractivity contribution is -0.115. The maximum atomic E-state index is 12.5. The van der Waals surface area contributed by atoms with Crippen molar-refractivity contribution in [2.24, 2.45) is 0 Å². The lowest BCUT2D eigenvalue weighted by Crippen LogP contribution is -2.50. The number of benzene rings is 2. The molecule has 1 aliphatic heterocycles. The van der Waals surface area contributed by atoms with Gasteiger partial charge < -0.3 is 15.5 Å². The van der Waals surface area contributed by atoms with Crippen LogP contribution in [0.2, 0.25) is 5.02 Å². The highest BCUT2D eigenvalue weighted by Crippen LogP contribution is 2.34. The maximum absolute atomic E-state index is 12.5. The molecule has 3 rings (SSSR count). The second kappa shape index (κ2) is 6.36. The largest absolute Gasteiger partial charge is 0.377 e. The Bertz CT molecular complexity index is 773. The first-order chi connectivity index (χ1) is 11.3. The van der Waals surface area contributed by atoms with Crippen LogP contribution >= 0.6 is 11.6 Å². The molecule has 0 saturated heterocycles. The summed E-state index contributed by atoms with van der Waals surface area (Å²) in [6, 6.07) is 13.6. The van der Waals surface area contributed by atoms with E-state index in [9.17, 15) is 4.79 Å². The Kier molecular flexibility index (Phi) is 4.41. The fraction of sp³-hybridized carbons (Fsp3) is 0.316. The fourth-order valence-electron chi connectivity index (χ4n) is 3.05. The minimum absolute atomic E-state index is 0.0483. The van der Waals surface area contributed by atoms with E-state index in [1.165, 1.54) is 0 Å². The van der Waals surface area contributed by atoms with Gasteiger partial charge in [-0.25, -0.2) is 0 Å². The van der Waals surface area contributed by atoms with Gasteiger partial charge in [-0.3, -0.25) is 4.79 Å². The third-order valence-electron chi connectivity index (χ3n) is 4.11. The first-order valence-corrected chi connectivity index (χ1v) is 8.40. The molecular formula is C19H22ClN3O. The summed E-state index contributed by atoms with van der Waals surface area (Å²) >= 11 is 6.03. The van der Waals surface area contributed by atoms with Crippen LogP contribution in [0.15, 0.2) is 42.5 Å². The monoisotopic (exact) mass is 343 g/mol. The summed E-state index contributed by atoms with van der Waals surface area (Å²) in [6.45, 7) is 7.28. The minimum Gasteiger partial charge on any atom is -0.377 e. The van der Waals surface area contributed by atoms with Crippen molar-refractivity contribution in [3.05, 3.63) is 53.1 Å². The van der Waals surface area contributed by atoms with Crippen LogP contribution in [0, 0.1) is 6.92 Å². The molecule has 0 radical (unpaired) electrons. The molecule has 0 aromatic heterocycles. The molecule has 126 valence electrons. The Morgan fingerprint density at radius 1 is 1.29 bits per heavy atom. The number of halogens is 1. The van der Waals surface area contributed by atoms with Crippen LogP contribution in [0.25, 0.3) is 0 Å². The third-order valence-corrected chi connectivity index (χ3v) is 4.35. The van der Waals surface area contributed by atoms with Gasteiger partial charge in [-0.05, 0) is 50.6 Å². The summed E-state index contributed by atoms with van der Waals surface area (Å²) in [5.41, 5.74) is 3.76. The van der Waals surface area contributed by atoms with Crippen LogP contribution in [0.5, 0.6) is 0 Å². The average Bonchev–Trinajstić information content (AvgIpc) is 2.50. The van der Waals surface area contributed by atoms with E-state index in [1.54, 1.807) is 6.07 Å². The lowest BCUT2D eigenvalue weighted by Gasteiger charge is -2.41. The average molecular weight is 344 g/mol. The normalized spacial score (nSPS) is 15.4. The Morgan fingerprint density at radius 3 is 2.83 bits per heavy atom. The van der Waals surface area contributed by atoms with Gasteiger partial charge in [0.15, 0.2) is 0 Å². The zero-order valence-corrected chi connectivity index (χ0v) is 14.9. The first-order valence-electron chi connectivity index (χ1n) is 8.02. The van der Waals surface area contributed by atoms with Gasteiger partial charge in [0.05, 0.1) is 17.9 Å². The van der Waals surface area contributed by atoms with E-state index < -0.39 is 0 Å². The van der Waals surface area contributed by atoms with Crippen LogP contribution in [0.4, 0.5) is 17.1 Å². The highest BCUT2D eigenvalue weighted by molar-refractivity contribution is 6.31. The number of nitrogens with one attached hydrogen (secondary N) is 2. The molecule has 0 spiro atoms. The van der Waals surface area contributed by atoms with Crippen LogP contribution in [-0.2, 0) is 4.79 Å². The number of amides is 1. The molecule has 0 saturated carbocycles. The highest BCUT2D eigenvalue weighted by Gasteiger charge is 2.30. The molecule has 4 nitrogen and oxygen atoms in total. The zero-order chi connectivity index (χ0) is 17.3. The van der Waals surface area contributed by atoms with Crippen molar-refractivity contribution >= 4 is 34.6 Å². The number of aryl methyl sites for hydroxylation is 1. The molecule has 2 aromatic carbocycles. The summed E-state index contributed by atoms with van der Waals surface area (Å²) in [5, 5.41) is 7.10. The van der Waals surface area contributed by atoms with Crippen molar-refractivity contribution in [1.82, 2.24) is 0 Å². The van der Waals surface area contributed by atoms with Gasteiger partial charge in [0.1, 0.15) is 0 Å². The van der Waals surface area contributed by atoms with Crippen molar-refractivity contribution < 1.29 is 4.79 Å². The summed E-state index contributed by atoms with van der Waals surface area (Å²) in [6.07, 6.45) is 0. The molecule has 24 heavy (non-hydrogen) atoms. The Morgan fingerprint density at radius 2 is 2.04 bits per heavy atom. The number of fused-ring (bicyclic) bond motifs is 1. The van der Waals surface area contributed by atoms with E-state index in [4.69, 9.17) is 11.6 Å². The predicted octanol–water partition coefficient (Wildman–Crippen LogP) is 4.30. The second-order valence-corrected chi connectivity index (χ2v) is 7.33. The molecule has 0 fully saturated rings. The van der Waals surface area contributed by atoms with Crippen molar-refractivity contribution in [3.63, 3.8) is 0 Å². The molecule has 5 heteroatoms. The Labute approximate surface area is 147 Å². The Balaban J connectivity index is 1.78. The van der Waals surface area contributed by atoms with Crippen molar-refractivity contribution in [2.75, 3.05) is 28.6 Å². The predicted molar refractivity (Wildman–Crippen MR) is 101 cm³/mol. The van der Waals surface area contributed by atoms with Crippen LogP contribution in [-0.4, -0.2) is 24.5 Å². The van der Waals surface area contributed by atoms with Gasteiger partial charge in [-0.1, -0.05) is 29.8 Å². The molecule has 0 atom stereocenters. The molecule has 0 bridgehead atoms. The molecule has 0 unspecified atom stereocenters. The van der Waals surface area contributed by atoms with E-state index in [1.807, 2.05) is 43.3 Å². The fourth-order valence-corrected chi connectivity index (χ4v) is 3.23. The summed E-state index contributed by atoms with van der Waals surface area (Å²) in [4.78, 5) is 14.7. The van der Waals surface area contributed by atoms with Crippen molar-refractivity contribution in [2.45, 2.75) is 26.3 Å². The van der Waals surface area contributed by atoms with E-state index >= 15 is 0 Å². The van der Waals surface area contributed by atoms with Gasteiger partial charge in [-0.2, -0.15) is 0 Å². The van der Waals surface area contributed by atoms with Gasteiger partial charge in [0, 0.05) is 22.8 Å². The van der Waals surface area contributed by atoms with Crippen LogP contribution in [0.3, 0.4) is 0 Å². The van der Waals surface area contributed by atoms with E-state index in [2.05, 4.69) is 29.4 Å². The van der Waals surface area contributed by atoms with Crippen LogP contribution < -0.4 is 15.5 Å². The topological polar surface area (TPSA) is 44.4 Å².